The van der Waals surface area contributed by atoms with Crippen molar-refractivity contribution in [3.63, 3.8) is 0 Å². The average Bonchev–Trinajstić information content (AvgIpc) is 2.78. The number of carbonyl (C=O) groups excluding carboxylic acids is 2. The molecule has 0 aromatic heterocycles. The Morgan fingerprint density at radius 1 is 1.00 bits per heavy atom. The number of benzene rings is 2. The standard InChI is InChI=1S/C20H19ClN4O7/c1-2-32-20(27)14-9-13(10-16(11-14)24(28)29)19(26)23-7-5-22(6-8-23)17-4-3-15(21)12-18(17)25(30)31/h3-4,9-12H,2,5-8H2,1H3. The van der Waals surface area contributed by atoms with Gasteiger partial charge in [0.25, 0.3) is 17.3 Å². The molecule has 32 heavy (non-hydrogen) atoms. The van der Waals surface area contributed by atoms with Gasteiger partial charge in [-0.1, -0.05) is 11.6 Å². The van der Waals surface area contributed by atoms with Crippen molar-refractivity contribution in [2.24, 2.45) is 0 Å². The van der Waals surface area contributed by atoms with Crippen LogP contribution in [0.2, 0.25) is 5.02 Å². The highest BCUT2D eigenvalue weighted by molar-refractivity contribution is 6.30. The minimum Gasteiger partial charge on any atom is -0.462 e. The zero-order valence-corrected chi connectivity index (χ0v) is 17.8. The number of nitrogens with zero attached hydrogens (tertiary/aromatic N) is 4. The lowest BCUT2D eigenvalue weighted by Crippen LogP contribution is -2.49. The predicted molar refractivity (Wildman–Crippen MR) is 115 cm³/mol. The molecule has 0 bridgehead atoms. The smallest absolute Gasteiger partial charge is 0.338 e. The third kappa shape index (κ3) is 4.94. The third-order valence-electron chi connectivity index (χ3n) is 4.93. The van der Waals surface area contributed by atoms with Crippen LogP contribution in [0.25, 0.3) is 0 Å². The lowest BCUT2D eigenvalue weighted by atomic mass is 10.1. The van der Waals surface area contributed by atoms with Gasteiger partial charge in [-0.3, -0.25) is 25.0 Å². The first-order valence-electron chi connectivity index (χ1n) is 9.66. The summed E-state index contributed by atoms with van der Waals surface area (Å²) < 4.78 is 4.89. The molecule has 2 aromatic rings. The number of carbonyl (C=O) groups is 2. The Labute approximate surface area is 187 Å². The largest absolute Gasteiger partial charge is 0.462 e. The molecule has 0 spiro atoms. The number of nitro benzene ring substituents is 2. The highest BCUT2D eigenvalue weighted by Gasteiger charge is 2.28. The van der Waals surface area contributed by atoms with Crippen molar-refractivity contribution < 1.29 is 24.2 Å². The number of hydrogen-bond donors (Lipinski definition) is 0. The van der Waals surface area contributed by atoms with E-state index in [9.17, 15) is 29.8 Å². The Morgan fingerprint density at radius 3 is 2.25 bits per heavy atom. The predicted octanol–water partition coefficient (Wildman–Crippen LogP) is 3.30. The number of nitro groups is 2. The van der Waals surface area contributed by atoms with Crippen LogP contribution in [0.5, 0.6) is 0 Å². The van der Waals surface area contributed by atoms with Crippen LogP contribution in [-0.4, -0.2) is 59.4 Å². The summed E-state index contributed by atoms with van der Waals surface area (Å²) in [6, 6.07) is 7.83. The van der Waals surface area contributed by atoms with E-state index in [1.165, 1.54) is 17.0 Å². The summed E-state index contributed by atoms with van der Waals surface area (Å²) >= 11 is 5.87. The lowest BCUT2D eigenvalue weighted by molar-refractivity contribution is -0.384. The molecular formula is C20H19ClN4O7. The number of ether oxygens (including phenoxy) is 1. The van der Waals surface area contributed by atoms with Crippen LogP contribution >= 0.6 is 11.6 Å². The number of anilines is 1. The minimum atomic E-state index is -0.759. The number of piperazine rings is 1. The van der Waals surface area contributed by atoms with Gasteiger partial charge in [0.15, 0.2) is 0 Å². The second kappa shape index (κ2) is 9.60. The quantitative estimate of drug-likeness (QED) is 0.362. The summed E-state index contributed by atoms with van der Waals surface area (Å²) in [6.07, 6.45) is 0. The van der Waals surface area contributed by atoms with E-state index < -0.39 is 27.4 Å². The van der Waals surface area contributed by atoms with Crippen LogP contribution in [0.1, 0.15) is 27.6 Å². The van der Waals surface area contributed by atoms with Crippen molar-refractivity contribution in [3.05, 3.63) is 72.8 Å². The van der Waals surface area contributed by atoms with E-state index >= 15 is 0 Å². The van der Waals surface area contributed by atoms with E-state index in [1.54, 1.807) is 24.0 Å². The van der Waals surface area contributed by atoms with Crippen LogP contribution in [0.4, 0.5) is 17.1 Å². The first-order valence-corrected chi connectivity index (χ1v) is 10.0. The number of esters is 1. The van der Waals surface area contributed by atoms with Gasteiger partial charge in [-0.15, -0.1) is 0 Å². The molecule has 1 amide bonds. The van der Waals surface area contributed by atoms with Crippen molar-refractivity contribution >= 4 is 40.5 Å². The highest BCUT2D eigenvalue weighted by Crippen LogP contribution is 2.32. The van der Waals surface area contributed by atoms with Crippen molar-refractivity contribution in [1.82, 2.24) is 4.90 Å². The van der Waals surface area contributed by atoms with Crippen LogP contribution in [0.3, 0.4) is 0 Å². The molecule has 11 nitrogen and oxygen atoms in total. The van der Waals surface area contributed by atoms with E-state index in [4.69, 9.17) is 16.3 Å². The third-order valence-corrected chi connectivity index (χ3v) is 5.16. The van der Waals surface area contributed by atoms with E-state index in [2.05, 4.69) is 0 Å². The van der Waals surface area contributed by atoms with Gasteiger partial charge in [0, 0.05) is 55.0 Å². The van der Waals surface area contributed by atoms with Crippen LogP contribution in [0.15, 0.2) is 36.4 Å². The molecule has 12 heteroatoms. The van der Waals surface area contributed by atoms with Crippen molar-refractivity contribution in [2.75, 3.05) is 37.7 Å². The molecular weight excluding hydrogens is 444 g/mol. The fraction of sp³-hybridized carbons (Fsp3) is 0.300. The zero-order valence-electron chi connectivity index (χ0n) is 17.0. The maximum Gasteiger partial charge on any atom is 0.338 e. The first-order chi connectivity index (χ1) is 15.2. The van der Waals surface area contributed by atoms with Crippen LogP contribution in [0, 0.1) is 20.2 Å². The Balaban J connectivity index is 1.79. The molecule has 2 aromatic carbocycles. The van der Waals surface area contributed by atoms with Crippen molar-refractivity contribution in [1.29, 1.82) is 0 Å². The fourth-order valence-corrected chi connectivity index (χ4v) is 3.58. The first kappa shape index (κ1) is 22.9. The second-order valence-corrected chi connectivity index (χ2v) is 7.35. The molecule has 3 rings (SSSR count). The monoisotopic (exact) mass is 462 g/mol. The SMILES string of the molecule is CCOC(=O)c1cc(C(=O)N2CCN(c3ccc(Cl)cc3[N+](=O)[O-])CC2)cc([N+](=O)[O-])c1. The second-order valence-electron chi connectivity index (χ2n) is 6.92. The molecule has 0 saturated carbocycles. The molecule has 1 aliphatic heterocycles. The van der Waals surface area contributed by atoms with Gasteiger partial charge >= 0.3 is 5.97 Å². The molecule has 0 atom stereocenters. The molecule has 0 unspecified atom stereocenters. The minimum absolute atomic E-state index is 0.00632. The van der Waals surface area contributed by atoms with Crippen molar-refractivity contribution in [3.8, 4) is 0 Å². The fourth-order valence-electron chi connectivity index (χ4n) is 3.42. The van der Waals surface area contributed by atoms with Crippen molar-refractivity contribution in [2.45, 2.75) is 6.92 Å². The summed E-state index contributed by atoms with van der Waals surface area (Å²) in [5.41, 5.74) is -0.219. The van der Waals surface area contributed by atoms with Gasteiger partial charge in [-0.2, -0.15) is 0 Å². The normalized spacial score (nSPS) is 13.6. The van der Waals surface area contributed by atoms with E-state index in [-0.39, 0.29) is 41.5 Å². The van der Waals surface area contributed by atoms with Gasteiger partial charge in [-0.25, -0.2) is 4.79 Å². The number of halogens is 1. The van der Waals surface area contributed by atoms with Gasteiger partial charge in [0.1, 0.15) is 5.69 Å². The molecule has 1 fully saturated rings. The molecule has 0 radical (unpaired) electrons. The Morgan fingerprint density at radius 2 is 1.66 bits per heavy atom. The Kier molecular flexibility index (Phi) is 6.89. The Hall–Kier alpha value is -3.73. The molecule has 1 heterocycles. The number of hydrogen-bond acceptors (Lipinski definition) is 8. The molecule has 1 saturated heterocycles. The van der Waals surface area contributed by atoms with E-state index in [0.29, 0.717) is 18.8 Å². The topological polar surface area (TPSA) is 136 Å². The van der Waals surface area contributed by atoms with Crippen LogP contribution in [-0.2, 0) is 4.74 Å². The maximum atomic E-state index is 13.0. The summed E-state index contributed by atoms with van der Waals surface area (Å²) in [7, 11) is 0. The van der Waals surface area contributed by atoms with Crippen LogP contribution < -0.4 is 4.90 Å². The van der Waals surface area contributed by atoms with E-state index in [0.717, 1.165) is 12.1 Å². The Bertz CT molecular complexity index is 1080. The highest BCUT2D eigenvalue weighted by atomic mass is 35.5. The zero-order chi connectivity index (χ0) is 23.4. The molecule has 168 valence electrons. The number of amides is 1. The maximum absolute atomic E-state index is 13.0. The molecule has 0 aliphatic carbocycles. The average molecular weight is 463 g/mol. The summed E-state index contributed by atoms with van der Waals surface area (Å²) in [5, 5.41) is 22.9. The molecule has 0 N–H and O–H groups in total. The van der Waals surface area contributed by atoms with Gasteiger partial charge in [0.2, 0.25) is 0 Å². The lowest BCUT2D eigenvalue weighted by Gasteiger charge is -2.35. The van der Waals surface area contributed by atoms with Gasteiger partial charge < -0.3 is 14.5 Å². The van der Waals surface area contributed by atoms with Gasteiger partial charge in [0.05, 0.1) is 22.0 Å². The van der Waals surface area contributed by atoms with Gasteiger partial charge in [-0.05, 0) is 25.1 Å². The number of non-ortho nitro benzene ring substituents is 1. The number of rotatable bonds is 6. The summed E-state index contributed by atoms with van der Waals surface area (Å²) in [5.74, 6) is -1.24. The molecule has 1 aliphatic rings. The summed E-state index contributed by atoms with van der Waals surface area (Å²) in [6.45, 7) is 2.78. The van der Waals surface area contributed by atoms with E-state index in [1.807, 2.05) is 0 Å². The summed E-state index contributed by atoms with van der Waals surface area (Å²) in [4.78, 5) is 49.7.